The van der Waals surface area contributed by atoms with Crippen LogP contribution in [0.2, 0.25) is 0 Å². The molecule has 0 aromatic rings. The molecule has 6 heavy (non-hydrogen) atoms. The smallest absolute Gasteiger partial charge is 0.156 e. The molecule has 0 unspecified atom stereocenters. The Bertz CT molecular complexity index is 72.1. The van der Waals surface area contributed by atoms with Crippen LogP contribution in [0, 0.1) is 12.3 Å². The quantitative estimate of drug-likeness (QED) is 0.290. The predicted octanol–water partition coefficient (Wildman–Crippen LogP) is 1.30. The Morgan fingerprint density at radius 1 is 1.83 bits per heavy atom. The minimum Gasteiger partial charge on any atom is -0.275 e. The van der Waals surface area contributed by atoms with Crippen LogP contribution in [0.1, 0.15) is 6.42 Å². The van der Waals surface area contributed by atoms with Crippen LogP contribution in [0.25, 0.3) is 0 Å². The summed E-state index contributed by atoms with van der Waals surface area (Å²) in [4.78, 5) is 0. The molecule has 0 aromatic heterocycles. The van der Waals surface area contributed by atoms with Gasteiger partial charge in [-0.1, -0.05) is 0 Å². The summed E-state index contributed by atoms with van der Waals surface area (Å²) in [5.74, 6) is 2.36. The van der Waals surface area contributed by atoms with E-state index in [2.05, 4.69) is 5.92 Å². The van der Waals surface area contributed by atoms with E-state index >= 15 is 0 Å². The van der Waals surface area contributed by atoms with Gasteiger partial charge in [0.1, 0.15) is 0 Å². The first-order valence-corrected chi connectivity index (χ1v) is 2.64. The third-order valence-electron chi connectivity index (χ3n) is 0.347. The fraction of sp³-hybridized carbons (Fsp3) is 0.500. The number of terminal acetylenes is 1. The summed E-state index contributed by atoms with van der Waals surface area (Å²) in [7, 11) is 0.153. The predicted molar refractivity (Wildman–Crippen MR) is 25.9 cm³/mol. The zero-order valence-corrected chi connectivity index (χ0v) is 4.24. The van der Waals surface area contributed by atoms with Gasteiger partial charge in [-0.3, -0.25) is 4.57 Å². The molecule has 0 atom stereocenters. The van der Waals surface area contributed by atoms with E-state index in [0.717, 1.165) is 0 Å². The SMILES string of the molecule is C#CCCP=O. The summed E-state index contributed by atoms with van der Waals surface area (Å²) in [5.41, 5.74) is 0. The van der Waals surface area contributed by atoms with Gasteiger partial charge >= 0.3 is 0 Å². The molecule has 0 N–H and O–H groups in total. The number of hydrogen-bond acceptors (Lipinski definition) is 1. The fourth-order valence-corrected chi connectivity index (χ4v) is 0.331. The molecule has 0 heterocycles. The molecule has 0 aliphatic rings. The van der Waals surface area contributed by atoms with Gasteiger partial charge in [-0.25, -0.2) is 0 Å². The molecule has 0 spiro atoms. The Balaban J connectivity index is 2.72. The molecule has 0 aliphatic heterocycles. The first-order valence-electron chi connectivity index (χ1n) is 1.64. The second kappa shape index (κ2) is 4.66. The van der Waals surface area contributed by atoms with Crippen molar-refractivity contribution in [1.82, 2.24) is 0 Å². The lowest BCUT2D eigenvalue weighted by Gasteiger charge is -1.68. The van der Waals surface area contributed by atoms with Crippen molar-refractivity contribution in [1.29, 1.82) is 0 Å². The van der Waals surface area contributed by atoms with Gasteiger partial charge in [0.15, 0.2) is 8.46 Å². The highest BCUT2D eigenvalue weighted by Gasteiger charge is 1.72. The average molecular weight is 100 g/mol. The number of hydrogen-bond donors (Lipinski definition) is 0. The zero-order valence-electron chi connectivity index (χ0n) is 3.35. The van der Waals surface area contributed by atoms with Crippen LogP contribution in [0.4, 0.5) is 0 Å². The Kier molecular flexibility index (Phi) is 4.40. The molecular formula is C4H5OP. The Morgan fingerprint density at radius 2 is 2.50 bits per heavy atom. The van der Waals surface area contributed by atoms with Crippen molar-refractivity contribution in [3.8, 4) is 12.3 Å². The van der Waals surface area contributed by atoms with Crippen LogP contribution >= 0.6 is 8.46 Å². The maximum Gasteiger partial charge on any atom is 0.156 e. The van der Waals surface area contributed by atoms with Gasteiger partial charge in [-0.15, -0.1) is 12.3 Å². The summed E-state index contributed by atoms with van der Waals surface area (Å²) < 4.78 is 9.57. The maximum absolute atomic E-state index is 9.57. The van der Waals surface area contributed by atoms with Crippen molar-refractivity contribution >= 4 is 8.46 Å². The van der Waals surface area contributed by atoms with Crippen LogP contribution in [0.15, 0.2) is 0 Å². The largest absolute Gasteiger partial charge is 0.275 e. The first-order chi connectivity index (χ1) is 2.91. The summed E-state index contributed by atoms with van der Waals surface area (Å²) in [5, 5.41) is 0. The summed E-state index contributed by atoms with van der Waals surface area (Å²) in [6.45, 7) is 0. The molecule has 0 radical (unpaired) electrons. The van der Waals surface area contributed by atoms with Crippen LogP contribution in [-0.2, 0) is 4.57 Å². The van der Waals surface area contributed by atoms with Crippen LogP contribution < -0.4 is 0 Å². The van der Waals surface area contributed by atoms with E-state index in [4.69, 9.17) is 6.42 Å². The van der Waals surface area contributed by atoms with Gasteiger partial charge in [0, 0.05) is 12.6 Å². The molecule has 0 fully saturated rings. The minimum atomic E-state index is 0.153. The Labute approximate surface area is 39.0 Å². The topological polar surface area (TPSA) is 17.1 Å². The van der Waals surface area contributed by atoms with E-state index in [-0.39, 0.29) is 8.46 Å². The van der Waals surface area contributed by atoms with Crippen molar-refractivity contribution < 1.29 is 4.57 Å². The standard InChI is InChI=1S/C4H5OP/c1-2-3-4-6-5/h1H,3-4H2. The molecule has 0 aromatic carbocycles. The second-order valence-electron chi connectivity index (χ2n) is 0.807. The highest BCUT2D eigenvalue weighted by molar-refractivity contribution is 7.23. The van der Waals surface area contributed by atoms with Gasteiger partial charge in [-0.05, 0) is 0 Å². The van der Waals surface area contributed by atoms with E-state index in [9.17, 15) is 4.57 Å². The van der Waals surface area contributed by atoms with Gasteiger partial charge in [0.05, 0.1) is 0 Å². The monoisotopic (exact) mass is 100 g/mol. The van der Waals surface area contributed by atoms with Crippen molar-refractivity contribution in [2.24, 2.45) is 0 Å². The van der Waals surface area contributed by atoms with E-state index in [1.807, 2.05) is 0 Å². The molecule has 32 valence electrons. The lowest BCUT2D eigenvalue weighted by Crippen LogP contribution is -1.62. The molecule has 0 aliphatic carbocycles. The zero-order chi connectivity index (χ0) is 4.83. The summed E-state index contributed by atoms with van der Waals surface area (Å²) in [6.07, 6.45) is 6.03. The Hall–Kier alpha value is -0.340. The molecule has 0 amide bonds. The minimum absolute atomic E-state index is 0.153. The third-order valence-corrected chi connectivity index (χ3v) is 0.754. The van der Waals surface area contributed by atoms with Gasteiger partial charge in [0.25, 0.3) is 0 Å². The van der Waals surface area contributed by atoms with Crippen molar-refractivity contribution in [2.75, 3.05) is 6.16 Å². The Morgan fingerprint density at radius 3 is 2.67 bits per heavy atom. The van der Waals surface area contributed by atoms with E-state index in [1.165, 1.54) is 0 Å². The molecule has 0 rings (SSSR count). The normalized spacial score (nSPS) is 7.83. The van der Waals surface area contributed by atoms with Crippen LogP contribution in [0.5, 0.6) is 0 Å². The van der Waals surface area contributed by atoms with Gasteiger partial charge < -0.3 is 0 Å². The highest BCUT2D eigenvalue weighted by atomic mass is 31.1. The second-order valence-corrected chi connectivity index (χ2v) is 1.51. The molecular weight excluding hydrogens is 95.0 g/mol. The molecule has 1 nitrogen and oxygen atoms in total. The van der Waals surface area contributed by atoms with E-state index < -0.39 is 0 Å². The maximum atomic E-state index is 9.57. The van der Waals surface area contributed by atoms with Crippen LogP contribution in [0.3, 0.4) is 0 Å². The average Bonchev–Trinajstić information content (AvgIpc) is 1.61. The van der Waals surface area contributed by atoms with Gasteiger partial charge in [-0.2, -0.15) is 0 Å². The summed E-state index contributed by atoms with van der Waals surface area (Å²) in [6, 6.07) is 0. The highest BCUT2D eigenvalue weighted by Crippen LogP contribution is 1.90. The lowest BCUT2D eigenvalue weighted by molar-refractivity contribution is 0.598. The third kappa shape index (κ3) is 3.66. The fourth-order valence-electron chi connectivity index (χ4n) is 0.110. The van der Waals surface area contributed by atoms with Crippen molar-refractivity contribution in [2.45, 2.75) is 6.42 Å². The molecule has 0 saturated heterocycles. The van der Waals surface area contributed by atoms with Crippen LogP contribution in [-0.4, -0.2) is 6.16 Å². The summed E-state index contributed by atoms with van der Waals surface area (Å²) >= 11 is 0. The van der Waals surface area contributed by atoms with E-state index in [1.54, 1.807) is 0 Å². The van der Waals surface area contributed by atoms with E-state index in [0.29, 0.717) is 12.6 Å². The molecule has 2 heteroatoms. The van der Waals surface area contributed by atoms with Gasteiger partial charge in [0.2, 0.25) is 0 Å². The number of rotatable bonds is 2. The molecule has 0 saturated carbocycles. The van der Waals surface area contributed by atoms with Crippen molar-refractivity contribution in [3.63, 3.8) is 0 Å². The lowest BCUT2D eigenvalue weighted by atomic mass is 10.5. The van der Waals surface area contributed by atoms with Crippen molar-refractivity contribution in [3.05, 3.63) is 0 Å². The molecule has 0 bridgehead atoms. The first kappa shape index (κ1) is 5.66.